The molecule has 0 aliphatic rings. The van der Waals surface area contributed by atoms with Gasteiger partial charge in [-0.1, -0.05) is 45.4 Å². The molecule has 1 aromatic carbocycles. The lowest BCUT2D eigenvalue weighted by Gasteiger charge is -2.00. The molecule has 0 unspecified atom stereocenters. The predicted molar refractivity (Wildman–Crippen MR) is 77.9 cm³/mol. The summed E-state index contributed by atoms with van der Waals surface area (Å²) in [6.07, 6.45) is 2.40. The molecule has 10 heteroatoms. The molecule has 3 rings (SSSR count). The van der Waals surface area contributed by atoms with Crippen LogP contribution in [0.1, 0.15) is 11.4 Å². The second-order valence-corrected chi connectivity index (χ2v) is 5.25. The number of hydrogen-bond donors (Lipinski definition) is 2. The number of aromatic nitrogens is 4. The van der Waals surface area contributed by atoms with Crippen LogP contribution in [0, 0.1) is 0 Å². The zero-order chi connectivity index (χ0) is 14.8. The molecule has 2 aromatic heterocycles. The van der Waals surface area contributed by atoms with Crippen LogP contribution in [-0.2, 0) is 0 Å². The zero-order valence-corrected chi connectivity index (χ0v) is 11.8. The number of fused-ring (bicyclic) bond motifs is 1. The van der Waals surface area contributed by atoms with Crippen molar-refractivity contribution in [2.75, 3.05) is 0 Å². The zero-order valence-electron chi connectivity index (χ0n) is 10.3. The quantitative estimate of drug-likeness (QED) is 0.436. The van der Waals surface area contributed by atoms with Crippen molar-refractivity contribution in [3.05, 3.63) is 34.6 Å². The lowest BCUT2D eigenvalue weighted by atomic mass is 10.1. The van der Waals surface area contributed by atoms with Gasteiger partial charge in [0.25, 0.3) is 0 Å². The second-order valence-electron chi connectivity index (χ2n) is 3.89. The molecule has 0 spiro atoms. The molecule has 8 nitrogen and oxygen atoms in total. The first kappa shape index (κ1) is 13.5. The minimum Gasteiger partial charge on any atom is -0.411 e. The summed E-state index contributed by atoms with van der Waals surface area (Å²) in [5.74, 6) is 0.324. The molecular weight excluding hydrogens is 316 g/mol. The van der Waals surface area contributed by atoms with Crippen LogP contribution in [0.25, 0.3) is 15.5 Å². The van der Waals surface area contributed by atoms with E-state index in [4.69, 9.17) is 22.0 Å². The van der Waals surface area contributed by atoms with Gasteiger partial charge in [-0.05, 0) is 6.07 Å². The Labute approximate surface area is 126 Å². The highest BCUT2D eigenvalue weighted by atomic mass is 35.5. The van der Waals surface area contributed by atoms with Gasteiger partial charge in [0.15, 0.2) is 0 Å². The van der Waals surface area contributed by atoms with E-state index in [1.165, 1.54) is 22.1 Å². The van der Waals surface area contributed by atoms with E-state index < -0.39 is 0 Å². The highest BCUT2D eigenvalue weighted by molar-refractivity contribution is 7.19. The minimum atomic E-state index is 0.324. The van der Waals surface area contributed by atoms with Gasteiger partial charge in [-0.25, -0.2) is 0 Å². The van der Waals surface area contributed by atoms with Crippen LogP contribution in [0.3, 0.4) is 0 Å². The maximum Gasteiger partial charge on any atom is 0.235 e. The third-order valence-corrected chi connectivity index (χ3v) is 3.91. The minimum absolute atomic E-state index is 0.324. The molecule has 0 bridgehead atoms. The molecule has 0 fully saturated rings. The largest absolute Gasteiger partial charge is 0.411 e. The van der Waals surface area contributed by atoms with E-state index in [0.717, 1.165) is 11.8 Å². The van der Waals surface area contributed by atoms with E-state index in [-0.39, 0.29) is 0 Å². The first-order chi connectivity index (χ1) is 10.2. The smallest absolute Gasteiger partial charge is 0.235 e. The van der Waals surface area contributed by atoms with Crippen molar-refractivity contribution >= 4 is 40.3 Å². The Bertz CT molecular complexity index is 856. The van der Waals surface area contributed by atoms with E-state index in [2.05, 4.69) is 25.6 Å². The van der Waals surface area contributed by atoms with Gasteiger partial charge in [0.05, 0.1) is 11.2 Å². The molecule has 0 aliphatic carbocycles. The number of rotatable bonds is 3. The SMILES string of the molecule is O/N=C/c1ccc(-c2nn3c(/C=N/O)nnc3s2)cc1Cl. The first-order valence-electron chi connectivity index (χ1n) is 5.60. The number of nitrogens with zero attached hydrogens (tertiary/aromatic N) is 6. The molecule has 2 heterocycles. The van der Waals surface area contributed by atoms with E-state index in [0.29, 0.717) is 26.4 Å². The van der Waals surface area contributed by atoms with Crippen LogP contribution in [0.5, 0.6) is 0 Å². The maximum absolute atomic E-state index is 8.55. The van der Waals surface area contributed by atoms with Crippen molar-refractivity contribution in [2.24, 2.45) is 10.3 Å². The molecular formula is C11H7ClN6O2S. The lowest BCUT2D eigenvalue weighted by Crippen LogP contribution is -1.94. The molecule has 0 radical (unpaired) electrons. The van der Waals surface area contributed by atoms with Crippen molar-refractivity contribution in [3.63, 3.8) is 0 Å². The van der Waals surface area contributed by atoms with E-state index >= 15 is 0 Å². The number of benzene rings is 1. The first-order valence-corrected chi connectivity index (χ1v) is 6.79. The van der Waals surface area contributed by atoms with Crippen molar-refractivity contribution in [3.8, 4) is 10.6 Å². The Morgan fingerprint density at radius 3 is 2.71 bits per heavy atom. The van der Waals surface area contributed by atoms with Crippen LogP contribution >= 0.6 is 22.9 Å². The van der Waals surface area contributed by atoms with Gasteiger partial charge in [0.2, 0.25) is 10.8 Å². The van der Waals surface area contributed by atoms with Gasteiger partial charge in [-0.15, -0.1) is 10.2 Å². The molecule has 2 N–H and O–H groups in total. The Hall–Kier alpha value is -2.52. The van der Waals surface area contributed by atoms with Gasteiger partial charge >= 0.3 is 0 Å². The number of halogens is 1. The summed E-state index contributed by atoms with van der Waals surface area (Å²) in [4.78, 5) is 0.567. The fourth-order valence-electron chi connectivity index (χ4n) is 1.71. The van der Waals surface area contributed by atoms with Gasteiger partial charge < -0.3 is 10.4 Å². The normalized spacial score (nSPS) is 12.0. The average molecular weight is 323 g/mol. The third kappa shape index (κ3) is 2.43. The van der Waals surface area contributed by atoms with Crippen molar-refractivity contribution in [2.45, 2.75) is 0 Å². The van der Waals surface area contributed by atoms with Crippen LogP contribution in [0.2, 0.25) is 5.02 Å². The highest BCUT2D eigenvalue weighted by Crippen LogP contribution is 2.28. The molecule has 106 valence electrons. The maximum atomic E-state index is 8.55. The molecule has 0 saturated carbocycles. The van der Waals surface area contributed by atoms with Gasteiger partial charge in [0, 0.05) is 11.1 Å². The van der Waals surface area contributed by atoms with Crippen LogP contribution in [0.15, 0.2) is 28.5 Å². The number of hydrogen-bond acceptors (Lipinski definition) is 8. The number of oxime groups is 2. The highest BCUT2D eigenvalue weighted by Gasteiger charge is 2.12. The second kappa shape index (κ2) is 5.46. The fraction of sp³-hybridized carbons (Fsp3) is 0. The molecule has 0 aliphatic heterocycles. The average Bonchev–Trinajstić information content (AvgIpc) is 3.04. The summed E-state index contributed by atoms with van der Waals surface area (Å²) >= 11 is 7.42. The van der Waals surface area contributed by atoms with Crippen LogP contribution in [-0.4, -0.2) is 42.7 Å². The lowest BCUT2D eigenvalue weighted by molar-refractivity contribution is 0.321. The Morgan fingerprint density at radius 1 is 1.19 bits per heavy atom. The van der Waals surface area contributed by atoms with Crippen molar-refractivity contribution in [1.29, 1.82) is 0 Å². The van der Waals surface area contributed by atoms with Gasteiger partial charge in [0.1, 0.15) is 11.2 Å². The summed E-state index contributed by atoms with van der Waals surface area (Å²) in [5.41, 5.74) is 1.39. The summed E-state index contributed by atoms with van der Waals surface area (Å²) in [6, 6.07) is 5.23. The van der Waals surface area contributed by atoms with E-state index in [1.807, 2.05) is 0 Å². The van der Waals surface area contributed by atoms with Gasteiger partial charge in [-0.3, -0.25) is 0 Å². The van der Waals surface area contributed by atoms with Crippen LogP contribution in [0.4, 0.5) is 0 Å². The molecule has 0 atom stereocenters. The van der Waals surface area contributed by atoms with Crippen LogP contribution < -0.4 is 0 Å². The topological polar surface area (TPSA) is 108 Å². The van der Waals surface area contributed by atoms with E-state index in [9.17, 15) is 0 Å². The fourth-order valence-corrected chi connectivity index (χ4v) is 2.78. The third-order valence-electron chi connectivity index (χ3n) is 2.63. The van der Waals surface area contributed by atoms with E-state index in [1.54, 1.807) is 18.2 Å². The summed E-state index contributed by atoms with van der Waals surface area (Å²) in [5, 5.41) is 36.2. The summed E-state index contributed by atoms with van der Waals surface area (Å²) in [6.45, 7) is 0. The summed E-state index contributed by atoms with van der Waals surface area (Å²) in [7, 11) is 0. The molecule has 21 heavy (non-hydrogen) atoms. The van der Waals surface area contributed by atoms with Gasteiger partial charge in [-0.2, -0.15) is 9.61 Å². The predicted octanol–water partition coefficient (Wildman–Crippen LogP) is 2.12. The molecule has 3 aromatic rings. The molecule has 0 saturated heterocycles. The summed E-state index contributed by atoms with van der Waals surface area (Å²) < 4.78 is 1.47. The molecule has 0 amide bonds. The monoisotopic (exact) mass is 322 g/mol. The Kier molecular flexibility index (Phi) is 3.50. The van der Waals surface area contributed by atoms with Crippen molar-refractivity contribution < 1.29 is 10.4 Å². The van der Waals surface area contributed by atoms with Crippen molar-refractivity contribution in [1.82, 2.24) is 19.8 Å². The Balaban J connectivity index is 2.06. The Morgan fingerprint density at radius 2 is 2.00 bits per heavy atom. The standard InChI is InChI=1S/C11H7ClN6O2S/c12-8-3-6(1-2-7(8)4-13-19)10-17-18-9(5-14-20)15-16-11(18)21-10/h1-5,19-20H/b13-4+,14-5+.